The number of hydrogen-bond donors (Lipinski definition) is 1. The molecule has 0 unspecified atom stereocenters. The Morgan fingerprint density at radius 2 is 2.24 bits per heavy atom. The number of ether oxygens (including phenoxy) is 1. The fourth-order valence-corrected chi connectivity index (χ4v) is 1.65. The summed E-state index contributed by atoms with van der Waals surface area (Å²) in [6, 6.07) is 9.28. The molecule has 0 atom stereocenters. The highest BCUT2D eigenvalue weighted by Gasteiger charge is 2.08. The lowest BCUT2D eigenvalue weighted by Crippen LogP contribution is -2.14. The van der Waals surface area contributed by atoms with E-state index in [2.05, 4.69) is 10.3 Å². The van der Waals surface area contributed by atoms with Crippen molar-refractivity contribution >= 4 is 34.4 Å². The van der Waals surface area contributed by atoms with Gasteiger partial charge in [0.15, 0.2) is 5.82 Å². The summed E-state index contributed by atoms with van der Waals surface area (Å²) in [5, 5.41) is 3.81. The van der Waals surface area contributed by atoms with Gasteiger partial charge in [0.2, 0.25) is 0 Å². The minimum atomic E-state index is -0.558. The quantitative estimate of drug-likeness (QED) is 0.888. The normalized spacial score (nSPS) is 10.2. The number of nitrogens with one attached hydrogen (secondary N) is 1. The van der Waals surface area contributed by atoms with Crippen LogP contribution in [0.1, 0.15) is 6.92 Å². The highest BCUT2D eigenvalue weighted by molar-refractivity contribution is 6.34. The Hall–Kier alpha value is -1.81. The van der Waals surface area contributed by atoms with E-state index in [0.29, 0.717) is 17.4 Å². The van der Waals surface area contributed by atoms with Crippen molar-refractivity contribution in [3.63, 3.8) is 0 Å². The van der Waals surface area contributed by atoms with Crippen molar-refractivity contribution < 1.29 is 9.53 Å². The predicted molar refractivity (Wildman–Crippen MR) is 67.4 cm³/mol. The molecule has 1 amide bonds. The van der Waals surface area contributed by atoms with E-state index in [1.807, 2.05) is 24.3 Å². The molecule has 4 nitrogen and oxygen atoms in total. The van der Waals surface area contributed by atoms with Gasteiger partial charge in [-0.1, -0.05) is 29.8 Å². The second-order valence-electron chi connectivity index (χ2n) is 3.36. The summed E-state index contributed by atoms with van der Waals surface area (Å²) < 4.78 is 4.76. The third kappa shape index (κ3) is 2.65. The number of rotatable bonds is 2. The number of hydrogen-bond acceptors (Lipinski definition) is 3. The summed E-state index contributed by atoms with van der Waals surface area (Å²) in [4.78, 5) is 15.5. The lowest BCUT2D eigenvalue weighted by atomic mass is 10.2. The van der Waals surface area contributed by atoms with E-state index in [9.17, 15) is 4.79 Å². The van der Waals surface area contributed by atoms with Crippen LogP contribution in [-0.4, -0.2) is 17.7 Å². The average Bonchev–Trinajstić information content (AvgIpc) is 2.30. The van der Waals surface area contributed by atoms with Gasteiger partial charge in [0, 0.05) is 5.39 Å². The van der Waals surface area contributed by atoms with Crippen LogP contribution in [0, 0.1) is 0 Å². The standard InChI is InChI=1S/C12H11ClN2O2/c1-2-17-12(16)15-11-9(13)7-8-5-3-4-6-10(8)14-11/h3-7H,2H2,1H3,(H,14,15,16). The lowest BCUT2D eigenvalue weighted by Gasteiger charge is -2.07. The van der Waals surface area contributed by atoms with Gasteiger partial charge >= 0.3 is 6.09 Å². The van der Waals surface area contributed by atoms with E-state index in [0.717, 1.165) is 10.9 Å². The molecule has 0 bridgehead atoms. The van der Waals surface area contributed by atoms with Crippen LogP contribution in [0.4, 0.5) is 10.6 Å². The highest BCUT2D eigenvalue weighted by Crippen LogP contribution is 2.24. The first-order chi connectivity index (χ1) is 8.20. The Morgan fingerprint density at radius 3 is 3.00 bits per heavy atom. The first-order valence-corrected chi connectivity index (χ1v) is 5.57. The molecule has 1 heterocycles. The van der Waals surface area contributed by atoms with Gasteiger partial charge in [-0.2, -0.15) is 0 Å². The Kier molecular flexibility index (Phi) is 3.44. The number of carbonyl (C=O) groups is 1. The van der Waals surface area contributed by atoms with Crippen molar-refractivity contribution in [1.82, 2.24) is 4.98 Å². The molecule has 0 saturated carbocycles. The van der Waals surface area contributed by atoms with Crippen LogP contribution in [0.3, 0.4) is 0 Å². The van der Waals surface area contributed by atoms with Gasteiger partial charge in [-0.15, -0.1) is 0 Å². The molecular formula is C12H11ClN2O2. The minimum Gasteiger partial charge on any atom is -0.450 e. The van der Waals surface area contributed by atoms with Gasteiger partial charge in [-0.05, 0) is 19.1 Å². The molecule has 5 heteroatoms. The van der Waals surface area contributed by atoms with Gasteiger partial charge in [-0.3, -0.25) is 5.32 Å². The van der Waals surface area contributed by atoms with Gasteiger partial charge in [0.05, 0.1) is 17.1 Å². The van der Waals surface area contributed by atoms with E-state index in [4.69, 9.17) is 16.3 Å². The molecular weight excluding hydrogens is 240 g/mol. The van der Waals surface area contributed by atoms with Crippen LogP contribution in [0.2, 0.25) is 5.02 Å². The molecule has 0 spiro atoms. The number of carbonyl (C=O) groups excluding carboxylic acids is 1. The van der Waals surface area contributed by atoms with Crippen molar-refractivity contribution in [2.45, 2.75) is 6.92 Å². The fraction of sp³-hybridized carbons (Fsp3) is 0.167. The third-order valence-electron chi connectivity index (χ3n) is 2.17. The average molecular weight is 251 g/mol. The minimum absolute atomic E-state index is 0.303. The SMILES string of the molecule is CCOC(=O)Nc1nc2ccccc2cc1Cl. The number of halogens is 1. The van der Waals surface area contributed by atoms with Crippen LogP contribution in [0.25, 0.3) is 10.9 Å². The van der Waals surface area contributed by atoms with Gasteiger partial charge < -0.3 is 4.74 Å². The van der Waals surface area contributed by atoms with Gasteiger partial charge in [-0.25, -0.2) is 9.78 Å². The number of para-hydroxylation sites is 1. The van der Waals surface area contributed by atoms with Crippen LogP contribution < -0.4 is 5.32 Å². The van der Waals surface area contributed by atoms with Crippen molar-refractivity contribution in [3.05, 3.63) is 35.4 Å². The molecule has 1 aromatic carbocycles. The van der Waals surface area contributed by atoms with E-state index < -0.39 is 6.09 Å². The molecule has 0 radical (unpaired) electrons. The molecule has 0 aliphatic carbocycles. The zero-order valence-electron chi connectivity index (χ0n) is 9.24. The first kappa shape index (κ1) is 11.7. The molecule has 1 aromatic heterocycles. The van der Waals surface area contributed by atoms with Crippen LogP contribution in [-0.2, 0) is 4.74 Å². The van der Waals surface area contributed by atoms with E-state index in [-0.39, 0.29) is 0 Å². The van der Waals surface area contributed by atoms with Crippen LogP contribution in [0.15, 0.2) is 30.3 Å². The Bertz CT molecular complexity index is 557. The summed E-state index contributed by atoms with van der Waals surface area (Å²) >= 11 is 6.01. The van der Waals surface area contributed by atoms with Crippen LogP contribution >= 0.6 is 11.6 Å². The molecule has 2 rings (SSSR count). The van der Waals surface area contributed by atoms with E-state index in [1.54, 1.807) is 13.0 Å². The fourth-order valence-electron chi connectivity index (χ4n) is 1.44. The summed E-state index contributed by atoms with van der Waals surface area (Å²) in [5.74, 6) is 0.309. The number of pyridine rings is 1. The Morgan fingerprint density at radius 1 is 1.47 bits per heavy atom. The Balaban J connectivity index is 2.34. The van der Waals surface area contributed by atoms with Crippen molar-refractivity contribution in [3.8, 4) is 0 Å². The van der Waals surface area contributed by atoms with Gasteiger partial charge in [0.1, 0.15) is 0 Å². The topological polar surface area (TPSA) is 51.2 Å². The van der Waals surface area contributed by atoms with Crippen molar-refractivity contribution in [2.75, 3.05) is 11.9 Å². The molecule has 0 aliphatic heterocycles. The molecule has 2 aromatic rings. The van der Waals surface area contributed by atoms with E-state index in [1.165, 1.54) is 0 Å². The van der Waals surface area contributed by atoms with Crippen LogP contribution in [0.5, 0.6) is 0 Å². The highest BCUT2D eigenvalue weighted by atomic mass is 35.5. The van der Waals surface area contributed by atoms with Crippen molar-refractivity contribution in [1.29, 1.82) is 0 Å². The maximum atomic E-state index is 11.3. The maximum Gasteiger partial charge on any atom is 0.412 e. The number of benzene rings is 1. The molecule has 0 fully saturated rings. The number of anilines is 1. The lowest BCUT2D eigenvalue weighted by molar-refractivity contribution is 0.168. The smallest absolute Gasteiger partial charge is 0.412 e. The Labute approximate surface area is 104 Å². The number of nitrogens with zero attached hydrogens (tertiary/aromatic N) is 1. The van der Waals surface area contributed by atoms with Gasteiger partial charge in [0.25, 0.3) is 0 Å². The second-order valence-corrected chi connectivity index (χ2v) is 3.76. The molecule has 88 valence electrons. The zero-order chi connectivity index (χ0) is 12.3. The largest absolute Gasteiger partial charge is 0.450 e. The molecule has 17 heavy (non-hydrogen) atoms. The summed E-state index contributed by atoms with van der Waals surface area (Å²) in [5.41, 5.74) is 0.767. The second kappa shape index (κ2) is 5.01. The third-order valence-corrected chi connectivity index (χ3v) is 2.46. The number of aromatic nitrogens is 1. The van der Waals surface area contributed by atoms with E-state index >= 15 is 0 Å². The maximum absolute atomic E-state index is 11.3. The summed E-state index contributed by atoms with van der Waals surface area (Å²) in [7, 11) is 0. The summed E-state index contributed by atoms with van der Waals surface area (Å²) in [6.07, 6.45) is -0.558. The number of amides is 1. The van der Waals surface area contributed by atoms with Crippen molar-refractivity contribution in [2.24, 2.45) is 0 Å². The first-order valence-electron chi connectivity index (χ1n) is 5.19. The molecule has 1 N–H and O–H groups in total. The molecule has 0 saturated heterocycles. The zero-order valence-corrected chi connectivity index (χ0v) is 9.99. The summed E-state index contributed by atoms with van der Waals surface area (Å²) in [6.45, 7) is 2.03. The predicted octanol–water partition coefficient (Wildman–Crippen LogP) is 3.46. The monoisotopic (exact) mass is 250 g/mol. The number of fused-ring (bicyclic) bond motifs is 1. The molecule has 0 aliphatic rings.